The van der Waals surface area contributed by atoms with E-state index in [-0.39, 0.29) is 27.4 Å². The molecule has 10 heteroatoms. The van der Waals surface area contributed by atoms with E-state index in [1.54, 1.807) is 0 Å². The Morgan fingerprint density at radius 3 is 0.700 bits per heavy atom. The molecule has 0 spiro atoms. The molecule has 0 saturated heterocycles. The first-order valence-corrected chi connectivity index (χ1v) is 5.05. The van der Waals surface area contributed by atoms with Crippen molar-refractivity contribution in [1.82, 2.24) is 0 Å². The fraction of sp³-hybridized carbons (Fsp3) is 0. The summed E-state index contributed by atoms with van der Waals surface area (Å²) in [6, 6.07) is 0. The van der Waals surface area contributed by atoms with Crippen LogP contribution >= 0.6 is 0 Å². The Morgan fingerprint density at radius 2 is 0.700 bits per heavy atom. The summed E-state index contributed by atoms with van der Waals surface area (Å²) < 4.78 is 34.6. The standard InChI is InChI=1S/5H2O.4O.Re/h5*1H2;;;;;/q;;;;;;;;-1;. The average molecular weight is 340 g/mol. The molecule has 0 unspecified atom stereocenters. The van der Waals surface area contributed by atoms with Gasteiger partial charge in [0.2, 0.25) is 0 Å². The predicted octanol–water partition coefficient (Wildman–Crippen LogP) is -5.67. The van der Waals surface area contributed by atoms with E-state index in [2.05, 4.69) is 0 Å². The van der Waals surface area contributed by atoms with E-state index in [4.69, 9.17) is 14.2 Å². The fourth-order valence-electron chi connectivity index (χ4n) is 0. The molecule has 0 rings (SSSR count). The summed E-state index contributed by atoms with van der Waals surface area (Å²) in [5.41, 5.74) is 0. The van der Waals surface area contributed by atoms with Gasteiger partial charge in [0.25, 0.3) is 0 Å². The Morgan fingerprint density at radius 1 is 0.700 bits per heavy atom. The molecule has 0 aromatic heterocycles. The maximum absolute atomic E-state index is 8.64. The Hall–Kier alpha value is -0.178. The molecule has 0 heterocycles. The van der Waals surface area contributed by atoms with Crippen LogP contribution in [0.25, 0.3) is 0 Å². The molecule has 0 saturated carbocycles. The first-order valence-electron chi connectivity index (χ1n) is 0.617. The summed E-state index contributed by atoms with van der Waals surface area (Å²) in [5.74, 6) is 0. The molecular weight excluding hydrogens is 330 g/mol. The maximum atomic E-state index is 8.64. The first kappa shape index (κ1) is 52.3. The van der Waals surface area contributed by atoms with E-state index in [0.29, 0.717) is 0 Å². The van der Waals surface area contributed by atoms with Gasteiger partial charge in [-0.2, -0.15) is 0 Å². The van der Waals surface area contributed by atoms with Gasteiger partial charge in [-0.15, -0.1) is 0 Å². The van der Waals surface area contributed by atoms with Gasteiger partial charge in [0.05, 0.1) is 0 Å². The summed E-state index contributed by atoms with van der Waals surface area (Å²) in [4.78, 5) is 0. The van der Waals surface area contributed by atoms with E-state index >= 15 is 0 Å². The Balaban J connectivity index is -0.00000000800. The van der Waals surface area contributed by atoms with Gasteiger partial charge >= 0.3 is 30.0 Å². The van der Waals surface area contributed by atoms with Crippen molar-refractivity contribution in [1.29, 1.82) is 0 Å². The molecule has 9 nitrogen and oxygen atoms in total. The van der Waals surface area contributed by atoms with Gasteiger partial charge in [-0.3, -0.25) is 0 Å². The quantitative estimate of drug-likeness (QED) is 0.419. The number of rotatable bonds is 0. The van der Waals surface area contributed by atoms with Crippen molar-refractivity contribution in [2.24, 2.45) is 0 Å². The molecule has 0 aliphatic carbocycles. The minimum absolute atomic E-state index is 0. The zero-order valence-corrected chi connectivity index (χ0v) is 7.23. The Labute approximate surface area is 58.2 Å². The first-order chi connectivity index (χ1) is 2.00. The number of hydrogen-bond donors (Lipinski definition) is 0. The van der Waals surface area contributed by atoms with Gasteiger partial charge in [-0.05, 0) is 0 Å². The molecular formula is H10O9Re-. The molecule has 72 valence electrons. The van der Waals surface area contributed by atoms with E-state index in [1.165, 1.54) is 0 Å². The van der Waals surface area contributed by atoms with Crippen LogP contribution in [0.1, 0.15) is 0 Å². The summed E-state index contributed by atoms with van der Waals surface area (Å²) in [7, 11) is 0. The molecule has 0 aliphatic rings. The third-order valence-electron chi connectivity index (χ3n) is 0. The normalized spacial score (nSPS) is 5.70. The van der Waals surface area contributed by atoms with Gasteiger partial charge in [0.15, 0.2) is 0 Å². The van der Waals surface area contributed by atoms with Crippen LogP contribution < -0.4 is 3.83 Å². The topological polar surface area (TPSA) is 232 Å². The van der Waals surface area contributed by atoms with E-state index in [1.807, 2.05) is 0 Å². The van der Waals surface area contributed by atoms with Crippen LogP contribution in [0.5, 0.6) is 0 Å². The zero-order chi connectivity index (χ0) is 4.50. The van der Waals surface area contributed by atoms with Crippen molar-refractivity contribution >= 4 is 0 Å². The Kier molecular flexibility index (Phi) is 83.3. The van der Waals surface area contributed by atoms with Crippen molar-refractivity contribution in [2.75, 3.05) is 0 Å². The molecule has 0 bridgehead atoms. The SMILES string of the molecule is O.O.O.O.O.[O]=[Re](=[O])(=[O])[O-]. The van der Waals surface area contributed by atoms with Gasteiger partial charge in [-0.25, -0.2) is 0 Å². The van der Waals surface area contributed by atoms with Crippen molar-refractivity contribution in [2.45, 2.75) is 0 Å². The molecule has 10 heavy (non-hydrogen) atoms. The Bertz CT molecular complexity index is 126. The van der Waals surface area contributed by atoms with E-state index in [9.17, 15) is 0 Å². The molecule has 0 aromatic carbocycles. The average Bonchev–Trinajstić information content (AvgIpc) is 0.722. The van der Waals surface area contributed by atoms with Crippen LogP contribution in [0, 0.1) is 0 Å². The number of hydrogen-bond acceptors (Lipinski definition) is 4. The van der Waals surface area contributed by atoms with Crippen LogP contribution in [0.15, 0.2) is 0 Å². The summed E-state index contributed by atoms with van der Waals surface area (Å²) in [6.07, 6.45) is 0. The van der Waals surface area contributed by atoms with Crippen LogP contribution in [0.4, 0.5) is 0 Å². The van der Waals surface area contributed by atoms with Gasteiger partial charge in [0, 0.05) is 0 Å². The van der Waals surface area contributed by atoms with Gasteiger partial charge in [-0.1, -0.05) is 0 Å². The minimum atomic E-state index is -6.11. The molecule has 0 radical (unpaired) electrons. The van der Waals surface area contributed by atoms with Crippen molar-refractivity contribution < 1.29 is 57.4 Å². The summed E-state index contributed by atoms with van der Waals surface area (Å²) >= 11 is -6.11. The van der Waals surface area contributed by atoms with Crippen LogP contribution in [0.2, 0.25) is 0 Å². The second kappa shape index (κ2) is 15.9. The predicted molar refractivity (Wildman–Crippen MR) is 20.1 cm³/mol. The molecule has 0 aliphatic heterocycles. The summed E-state index contributed by atoms with van der Waals surface area (Å²) in [6.45, 7) is 0. The molecule has 10 N–H and O–H groups in total. The third kappa shape index (κ3) is 11500. The van der Waals surface area contributed by atoms with Crippen LogP contribution in [0.3, 0.4) is 0 Å². The monoisotopic (exact) mass is 341 g/mol. The van der Waals surface area contributed by atoms with Crippen LogP contribution in [-0.2, 0) is 26.2 Å². The van der Waals surface area contributed by atoms with Crippen molar-refractivity contribution in [3.05, 3.63) is 0 Å². The van der Waals surface area contributed by atoms with Crippen molar-refractivity contribution in [3.63, 3.8) is 0 Å². The summed E-state index contributed by atoms with van der Waals surface area (Å²) in [5, 5.41) is 0. The molecule has 0 fully saturated rings. The molecule has 0 atom stereocenters. The molecule has 0 aromatic rings. The fourth-order valence-corrected chi connectivity index (χ4v) is 0. The van der Waals surface area contributed by atoms with E-state index in [0.717, 1.165) is 0 Å². The van der Waals surface area contributed by atoms with Crippen LogP contribution in [-0.4, -0.2) is 27.4 Å². The third-order valence-corrected chi connectivity index (χ3v) is 0. The molecule has 0 amide bonds. The van der Waals surface area contributed by atoms with Crippen molar-refractivity contribution in [3.8, 4) is 0 Å². The van der Waals surface area contributed by atoms with Gasteiger partial charge in [0.1, 0.15) is 0 Å². The second-order valence-corrected chi connectivity index (χ2v) is 3.09. The van der Waals surface area contributed by atoms with E-state index < -0.39 is 15.8 Å². The van der Waals surface area contributed by atoms with Gasteiger partial charge < -0.3 is 27.4 Å². The second-order valence-electron chi connectivity index (χ2n) is 0.378. The zero-order valence-electron chi connectivity index (χ0n) is 4.51.